The highest BCUT2D eigenvalue weighted by atomic mass is 32.2. The number of ether oxygens (including phenoxy) is 1. The summed E-state index contributed by atoms with van der Waals surface area (Å²) in [7, 11) is 1.63. The molecule has 0 spiro atoms. The van der Waals surface area contributed by atoms with Crippen LogP contribution in [0, 0.1) is 0 Å². The summed E-state index contributed by atoms with van der Waals surface area (Å²) in [6.07, 6.45) is -2.74. The van der Waals surface area contributed by atoms with Crippen molar-refractivity contribution in [3.05, 3.63) is 83.6 Å². The highest BCUT2D eigenvalue weighted by Crippen LogP contribution is 2.31. The first-order chi connectivity index (χ1) is 16.3. The molecule has 1 fully saturated rings. The van der Waals surface area contributed by atoms with Gasteiger partial charge in [-0.1, -0.05) is 12.1 Å². The molecule has 0 atom stereocenters. The van der Waals surface area contributed by atoms with Crippen LogP contribution in [0.3, 0.4) is 0 Å². The number of thioether (sulfide) groups is 1. The molecule has 2 aromatic carbocycles. The van der Waals surface area contributed by atoms with E-state index in [9.17, 15) is 18.0 Å². The minimum absolute atomic E-state index is 0.0857. The summed E-state index contributed by atoms with van der Waals surface area (Å²) < 4.78 is 43.5. The van der Waals surface area contributed by atoms with Crippen LogP contribution in [0.5, 0.6) is 5.75 Å². The summed E-state index contributed by atoms with van der Waals surface area (Å²) >= 11 is 1.34. The van der Waals surface area contributed by atoms with Crippen molar-refractivity contribution in [2.24, 2.45) is 0 Å². The molecule has 9 heteroatoms. The predicted molar refractivity (Wildman–Crippen MR) is 126 cm³/mol. The molecule has 2 heterocycles. The lowest BCUT2D eigenvalue weighted by molar-refractivity contribution is -0.137. The Hall–Kier alpha value is -3.20. The Labute approximate surface area is 200 Å². The molecule has 3 aromatic rings. The largest absolute Gasteiger partial charge is 0.497 e. The van der Waals surface area contributed by atoms with Gasteiger partial charge in [-0.25, -0.2) is 4.98 Å². The number of methoxy groups -OCH3 is 1. The fourth-order valence-corrected chi connectivity index (χ4v) is 4.68. The normalized spacial score (nSPS) is 14.2. The van der Waals surface area contributed by atoms with E-state index in [0.717, 1.165) is 29.1 Å². The fourth-order valence-electron chi connectivity index (χ4n) is 3.74. The average Bonchev–Trinajstić information content (AvgIpc) is 2.87. The van der Waals surface area contributed by atoms with Crippen molar-refractivity contribution in [2.75, 3.05) is 38.2 Å². The van der Waals surface area contributed by atoms with Crippen LogP contribution in [0.4, 0.5) is 18.9 Å². The van der Waals surface area contributed by atoms with E-state index in [1.165, 1.54) is 23.9 Å². The Morgan fingerprint density at radius 1 is 1.00 bits per heavy atom. The van der Waals surface area contributed by atoms with Gasteiger partial charge in [0, 0.05) is 43.8 Å². The maximum Gasteiger partial charge on any atom is 0.416 e. The van der Waals surface area contributed by atoms with Crippen LogP contribution in [0.2, 0.25) is 0 Å². The van der Waals surface area contributed by atoms with Crippen molar-refractivity contribution in [3.63, 3.8) is 0 Å². The number of rotatable bonds is 6. The average molecular weight is 488 g/mol. The van der Waals surface area contributed by atoms with E-state index in [4.69, 9.17) is 4.74 Å². The van der Waals surface area contributed by atoms with Gasteiger partial charge in [-0.05, 0) is 54.1 Å². The van der Waals surface area contributed by atoms with E-state index in [1.807, 2.05) is 29.2 Å². The quantitative estimate of drug-likeness (QED) is 0.438. The second-order valence-electron chi connectivity index (χ2n) is 7.82. The molecule has 1 aromatic heterocycles. The zero-order chi connectivity index (χ0) is 24.1. The lowest BCUT2D eigenvalue weighted by atomic mass is 10.1. The van der Waals surface area contributed by atoms with Gasteiger partial charge in [0.1, 0.15) is 10.8 Å². The van der Waals surface area contributed by atoms with Crippen LogP contribution in [0.25, 0.3) is 0 Å². The van der Waals surface area contributed by atoms with Crippen LogP contribution in [-0.2, 0) is 11.9 Å². The number of benzene rings is 2. The standard InChI is InChI=1S/C25H24F3N3O2S/c1-33-21-10-8-20(9-11-21)30-13-15-31(16-14-30)24(32)22-3-2-12-29-23(22)34-17-18-4-6-19(7-5-18)25(26,27)28/h2-12H,13-17H2,1H3. The molecule has 178 valence electrons. The molecule has 0 aliphatic carbocycles. The molecule has 0 bridgehead atoms. The Morgan fingerprint density at radius 3 is 2.29 bits per heavy atom. The van der Waals surface area contributed by atoms with E-state index in [1.54, 1.807) is 25.4 Å². The number of carbonyl (C=O) groups excluding carboxylic acids is 1. The number of pyridine rings is 1. The van der Waals surface area contributed by atoms with E-state index in [-0.39, 0.29) is 5.91 Å². The van der Waals surface area contributed by atoms with Crippen LogP contribution in [0.1, 0.15) is 21.5 Å². The Bertz CT molecular complexity index is 1110. The van der Waals surface area contributed by atoms with Crippen molar-refractivity contribution in [1.82, 2.24) is 9.88 Å². The van der Waals surface area contributed by atoms with Crippen molar-refractivity contribution in [1.29, 1.82) is 0 Å². The van der Waals surface area contributed by atoms with Crippen molar-refractivity contribution >= 4 is 23.4 Å². The zero-order valence-electron chi connectivity index (χ0n) is 18.6. The van der Waals surface area contributed by atoms with Gasteiger partial charge in [0.25, 0.3) is 5.91 Å². The third-order valence-corrected chi connectivity index (χ3v) is 6.74. The summed E-state index contributed by atoms with van der Waals surface area (Å²) in [4.78, 5) is 21.6. The van der Waals surface area contributed by atoms with E-state index in [2.05, 4.69) is 9.88 Å². The summed E-state index contributed by atoms with van der Waals surface area (Å²) in [6, 6.07) is 16.4. The summed E-state index contributed by atoms with van der Waals surface area (Å²) in [6.45, 7) is 2.60. The molecule has 0 saturated carbocycles. The molecule has 0 radical (unpaired) electrons. The Kier molecular flexibility index (Phi) is 7.31. The summed E-state index contributed by atoms with van der Waals surface area (Å²) in [5.41, 5.74) is 1.65. The SMILES string of the molecule is COc1ccc(N2CCN(C(=O)c3cccnc3SCc3ccc(C(F)(F)F)cc3)CC2)cc1. The van der Waals surface area contributed by atoms with Gasteiger partial charge in [0.05, 0.1) is 18.2 Å². The van der Waals surface area contributed by atoms with E-state index >= 15 is 0 Å². The minimum Gasteiger partial charge on any atom is -0.497 e. The molecule has 4 rings (SSSR count). The van der Waals surface area contributed by atoms with Crippen molar-refractivity contribution in [2.45, 2.75) is 17.0 Å². The van der Waals surface area contributed by atoms with Gasteiger partial charge in [0.2, 0.25) is 0 Å². The topological polar surface area (TPSA) is 45.7 Å². The van der Waals surface area contributed by atoms with Gasteiger partial charge in [-0.2, -0.15) is 13.2 Å². The lowest BCUT2D eigenvalue weighted by Crippen LogP contribution is -2.48. The molecular weight excluding hydrogens is 463 g/mol. The first-order valence-electron chi connectivity index (χ1n) is 10.8. The van der Waals surface area contributed by atoms with Gasteiger partial charge in [-0.15, -0.1) is 11.8 Å². The van der Waals surface area contributed by atoms with E-state index < -0.39 is 11.7 Å². The van der Waals surface area contributed by atoms with Gasteiger partial charge in [0.15, 0.2) is 0 Å². The second-order valence-corrected chi connectivity index (χ2v) is 8.78. The maximum absolute atomic E-state index is 13.2. The summed E-state index contributed by atoms with van der Waals surface area (Å²) in [5, 5.41) is 0.574. The lowest BCUT2D eigenvalue weighted by Gasteiger charge is -2.36. The molecule has 1 aliphatic rings. The smallest absolute Gasteiger partial charge is 0.416 e. The number of hydrogen-bond donors (Lipinski definition) is 0. The maximum atomic E-state index is 13.2. The first kappa shape index (κ1) is 23.9. The highest BCUT2D eigenvalue weighted by molar-refractivity contribution is 7.98. The number of hydrogen-bond acceptors (Lipinski definition) is 5. The number of nitrogens with zero attached hydrogens (tertiary/aromatic N) is 3. The number of anilines is 1. The van der Waals surface area contributed by atoms with Crippen LogP contribution >= 0.6 is 11.8 Å². The van der Waals surface area contributed by atoms with Gasteiger partial charge < -0.3 is 14.5 Å². The first-order valence-corrected chi connectivity index (χ1v) is 11.8. The van der Waals surface area contributed by atoms with E-state index in [0.29, 0.717) is 42.5 Å². The molecule has 34 heavy (non-hydrogen) atoms. The van der Waals surface area contributed by atoms with Gasteiger partial charge >= 0.3 is 6.18 Å². The predicted octanol–water partition coefficient (Wildman–Crippen LogP) is 5.36. The number of amides is 1. The third-order valence-electron chi connectivity index (χ3n) is 5.66. The van der Waals surface area contributed by atoms with Gasteiger partial charge in [-0.3, -0.25) is 4.79 Å². The summed E-state index contributed by atoms with van der Waals surface area (Å²) in [5.74, 6) is 1.13. The minimum atomic E-state index is -4.36. The second kappa shape index (κ2) is 10.4. The molecular formula is C25H24F3N3O2S. The van der Waals surface area contributed by atoms with Crippen LogP contribution < -0.4 is 9.64 Å². The fraction of sp³-hybridized carbons (Fsp3) is 0.280. The number of halogens is 3. The highest BCUT2D eigenvalue weighted by Gasteiger charge is 2.30. The molecule has 1 saturated heterocycles. The molecule has 1 amide bonds. The molecule has 0 N–H and O–H groups in total. The molecule has 1 aliphatic heterocycles. The molecule has 0 unspecified atom stereocenters. The number of carbonyl (C=O) groups is 1. The Balaban J connectivity index is 1.38. The van der Waals surface area contributed by atoms with Crippen molar-refractivity contribution < 1.29 is 22.7 Å². The van der Waals surface area contributed by atoms with Crippen LogP contribution in [-0.4, -0.2) is 49.1 Å². The van der Waals surface area contributed by atoms with Crippen molar-refractivity contribution in [3.8, 4) is 5.75 Å². The molecule has 5 nitrogen and oxygen atoms in total. The number of aromatic nitrogens is 1. The zero-order valence-corrected chi connectivity index (χ0v) is 19.4. The monoisotopic (exact) mass is 487 g/mol. The number of piperazine rings is 1. The Morgan fingerprint density at radius 2 is 1.68 bits per heavy atom. The third kappa shape index (κ3) is 5.64. The number of alkyl halides is 3. The van der Waals surface area contributed by atoms with Crippen LogP contribution in [0.15, 0.2) is 71.9 Å².